The van der Waals surface area contributed by atoms with E-state index in [1.54, 1.807) is 0 Å². The van der Waals surface area contributed by atoms with E-state index in [0.29, 0.717) is 6.61 Å². The number of hydrogen-bond donors (Lipinski definition) is 1. The number of rotatable bonds is 10. The van der Waals surface area contributed by atoms with Gasteiger partial charge in [0.25, 0.3) is 0 Å². The largest absolute Gasteiger partial charge is 0.396 e. The number of aliphatic hydroxyl groups excluding tert-OH is 1. The minimum absolute atomic E-state index is 0.366. The third kappa shape index (κ3) is 12.4. The van der Waals surface area contributed by atoms with Crippen molar-refractivity contribution >= 4 is 15.9 Å². The van der Waals surface area contributed by atoms with E-state index in [-0.39, 0.29) is 0 Å². The van der Waals surface area contributed by atoms with Crippen molar-refractivity contribution in [2.75, 3.05) is 11.9 Å². The fourth-order valence-corrected chi connectivity index (χ4v) is 1.84. The number of unbranched alkanes of at least 4 members (excludes halogenated alkanes) is 8. The van der Waals surface area contributed by atoms with E-state index in [4.69, 9.17) is 5.11 Å². The molecule has 0 amide bonds. The third-order valence-corrected chi connectivity index (χ3v) is 2.85. The second-order valence-electron chi connectivity index (χ2n) is 3.59. The lowest BCUT2D eigenvalue weighted by Crippen LogP contribution is -1.84. The average Bonchev–Trinajstić information content (AvgIpc) is 2.16. The van der Waals surface area contributed by atoms with Gasteiger partial charge in [-0.05, 0) is 12.8 Å². The summed E-state index contributed by atoms with van der Waals surface area (Å²) >= 11 is 3.44. The van der Waals surface area contributed by atoms with Gasteiger partial charge in [0.1, 0.15) is 0 Å². The smallest absolute Gasteiger partial charge is 0.0431 e. The van der Waals surface area contributed by atoms with Gasteiger partial charge in [-0.1, -0.05) is 60.9 Å². The minimum atomic E-state index is 0.366. The Morgan fingerprint density at radius 3 is 1.69 bits per heavy atom. The number of alkyl halides is 1. The second-order valence-corrected chi connectivity index (χ2v) is 4.39. The van der Waals surface area contributed by atoms with Gasteiger partial charge in [-0.2, -0.15) is 0 Å². The first-order valence-corrected chi connectivity index (χ1v) is 6.70. The molecule has 0 aliphatic heterocycles. The molecule has 0 aromatic rings. The molecule has 0 unspecified atom stereocenters. The summed E-state index contributed by atoms with van der Waals surface area (Å²) in [5.41, 5.74) is 0. The fraction of sp³-hybridized carbons (Fsp3) is 1.00. The van der Waals surface area contributed by atoms with E-state index in [1.165, 1.54) is 51.4 Å². The molecule has 2 heteroatoms. The Balaban J connectivity index is 2.76. The summed E-state index contributed by atoms with van der Waals surface area (Å²) in [5, 5.41) is 9.72. The molecule has 0 spiro atoms. The molecule has 0 aliphatic carbocycles. The van der Waals surface area contributed by atoms with Crippen LogP contribution in [0.5, 0.6) is 0 Å². The van der Waals surface area contributed by atoms with E-state index in [2.05, 4.69) is 15.9 Å². The maximum absolute atomic E-state index is 8.56. The molecule has 1 N–H and O–H groups in total. The Bertz CT molecular complexity index is 76.2. The average molecular weight is 253 g/mol. The summed E-state index contributed by atoms with van der Waals surface area (Å²) in [6.07, 6.45) is 11.7. The molecular weight excluding hydrogens is 230 g/mol. The lowest BCUT2D eigenvalue weighted by Gasteiger charge is -2.00. The van der Waals surface area contributed by atoms with Gasteiger partial charge in [-0.3, -0.25) is 0 Å². The molecule has 0 saturated heterocycles. The van der Waals surface area contributed by atoms with Gasteiger partial charge in [-0.25, -0.2) is 0 Å². The standard InChI is InChI=1S/C11H23BrO/c12-10-8-6-4-2-1-3-5-7-9-11-13/h13H,1-11H2/i11+2. The maximum atomic E-state index is 8.56. The summed E-state index contributed by atoms with van der Waals surface area (Å²) in [6.45, 7) is 0.366. The molecule has 0 bridgehead atoms. The molecule has 80 valence electrons. The molecular formula is C11H23BrO. The Morgan fingerprint density at radius 1 is 0.769 bits per heavy atom. The van der Waals surface area contributed by atoms with Crippen LogP contribution in [-0.2, 0) is 0 Å². The molecule has 0 radical (unpaired) electrons. The zero-order valence-electron chi connectivity index (χ0n) is 8.60. The van der Waals surface area contributed by atoms with Gasteiger partial charge < -0.3 is 5.11 Å². The van der Waals surface area contributed by atoms with Gasteiger partial charge in [0.15, 0.2) is 0 Å². The molecule has 1 nitrogen and oxygen atoms in total. The van der Waals surface area contributed by atoms with Crippen LogP contribution in [0.15, 0.2) is 0 Å². The third-order valence-electron chi connectivity index (χ3n) is 2.29. The van der Waals surface area contributed by atoms with E-state index in [0.717, 1.165) is 11.8 Å². The zero-order valence-corrected chi connectivity index (χ0v) is 10.2. The highest BCUT2D eigenvalue weighted by molar-refractivity contribution is 9.09. The molecule has 0 saturated carbocycles. The van der Waals surface area contributed by atoms with Gasteiger partial charge in [0, 0.05) is 11.9 Å². The molecule has 0 aliphatic rings. The summed E-state index contributed by atoms with van der Waals surface area (Å²) in [5.74, 6) is 0. The van der Waals surface area contributed by atoms with Gasteiger partial charge in [0.2, 0.25) is 0 Å². The SMILES string of the molecule is O[14CH2]CCCCCCCCCCBr. The monoisotopic (exact) mass is 252 g/mol. The van der Waals surface area contributed by atoms with E-state index < -0.39 is 0 Å². The number of halogens is 1. The van der Waals surface area contributed by atoms with Crippen molar-refractivity contribution in [3.63, 3.8) is 0 Å². The summed E-state index contributed by atoms with van der Waals surface area (Å²) < 4.78 is 0. The molecule has 0 rings (SSSR count). The lowest BCUT2D eigenvalue weighted by molar-refractivity contribution is 0.282. The van der Waals surface area contributed by atoms with Crippen LogP contribution in [0.25, 0.3) is 0 Å². The van der Waals surface area contributed by atoms with Crippen molar-refractivity contribution in [3.05, 3.63) is 0 Å². The highest BCUT2D eigenvalue weighted by Crippen LogP contribution is 2.09. The van der Waals surface area contributed by atoms with Crippen LogP contribution in [0.1, 0.15) is 57.8 Å². The molecule has 13 heavy (non-hydrogen) atoms. The van der Waals surface area contributed by atoms with Gasteiger partial charge >= 0.3 is 0 Å². The number of aliphatic hydroxyl groups is 1. The first-order valence-electron chi connectivity index (χ1n) is 5.58. The first kappa shape index (κ1) is 13.4. The quantitative estimate of drug-likeness (QED) is 0.462. The van der Waals surface area contributed by atoms with E-state index >= 15 is 0 Å². The number of hydrogen-bond acceptors (Lipinski definition) is 1. The van der Waals surface area contributed by atoms with Crippen molar-refractivity contribution in [1.82, 2.24) is 0 Å². The summed E-state index contributed by atoms with van der Waals surface area (Å²) in [6, 6.07) is 0. The molecule has 0 aromatic carbocycles. The van der Waals surface area contributed by atoms with Crippen LogP contribution >= 0.6 is 15.9 Å². The highest BCUT2D eigenvalue weighted by atomic mass is 79.9. The predicted molar refractivity (Wildman–Crippen MR) is 62.4 cm³/mol. The Labute approximate surface area is 91.1 Å². The predicted octanol–water partition coefficient (Wildman–Crippen LogP) is 3.88. The van der Waals surface area contributed by atoms with Gasteiger partial charge in [0.05, 0.1) is 0 Å². The maximum Gasteiger partial charge on any atom is 0.0431 e. The normalized spacial score (nSPS) is 10.6. The van der Waals surface area contributed by atoms with Crippen molar-refractivity contribution in [2.24, 2.45) is 0 Å². The topological polar surface area (TPSA) is 20.2 Å². The zero-order chi connectivity index (χ0) is 9.78. The van der Waals surface area contributed by atoms with Crippen LogP contribution in [0, 0.1) is 0 Å². The Morgan fingerprint density at radius 2 is 1.23 bits per heavy atom. The van der Waals surface area contributed by atoms with E-state index in [1.807, 2.05) is 0 Å². The van der Waals surface area contributed by atoms with Crippen molar-refractivity contribution in [2.45, 2.75) is 57.8 Å². The molecule has 0 aromatic heterocycles. The van der Waals surface area contributed by atoms with Gasteiger partial charge in [-0.15, -0.1) is 0 Å². The van der Waals surface area contributed by atoms with Crippen LogP contribution in [0.2, 0.25) is 0 Å². The van der Waals surface area contributed by atoms with Crippen LogP contribution in [-0.4, -0.2) is 17.0 Å². The van der Waals surface area contributed by atoms with E-state index in [9.17, 15) is 0 Å². The summed E-state index contributed by atoms with van der Waals surface area (Å²) in [7, 11) is 0. The molecule has 0 fully saturated rings. The molecule has 0 heterocycles. The van der Waals surface area contributed by atoms with Crippen molar-refractivity contribution in [1.29, 1.82) is 0 Å². The summed E-state index contributed by atoms with van der Waals surface area (Å²) in [4.78, 5) is 0. The fourth-order valence-electron chi connectivity index (χ4n) is 1.44. The Hall–Kier alpha value is 0.440. The lowest BCUT2D eigenvalue weighted by atomic mass is 10.1. The first-order chi connectivity index (χ1) is 6.41. The van der Waals surface area contributed by atoms with Crippen LogP contribution in [0.4, 0.5) is 0 Å². The van der Waals surface area contributed by atoms with Crippen molar-refractivity contribution < 1.29 is 5.11 Å². The second kappa shape index (κ2) is 12.4. The molecule has 0 atom stereocenters. The van der Waals surface area contributed by atoms with Crippen molar-refractivity contribution in [3.8, 4) is 0 Å². The van der Waals surface area contributed by atoms with Crippen LogP contribution in [0.3, 0.4) is 0 Å². The highest BCUT2D eigenvalue weighted by Gasteiger charge is 1.91. The minimum Gasteiger partial charge on any atom is -0.396 e. The Kier molecular flexibility index (Phi) is 12.9. The van der Waals surface area contributed by atoms with Crippen LogP contribution < -0.4 is 0 Å².